The van der Waals surface area contributed by atoms with Crippen LogP contribution in [-0.4, -0.2) is 22.0 Å². The van der Waals surface area contributed by atoms with Crippen molar-refractivity contribution in [2.45, 2.75) is 45.1 Å². The van der Waals surface area contributed by atoms with Crippen molar-refractivity contribution in [2.75, 3.05) is 5.32 Å². The van der Waals surface area contributed by atoms with Gasteiger partial charge in [-0.1, -0.05) is 26.2 Å². The third-order valence-electron chi connectivity index (χ3n) is 4.21. The zero-order valence-electron chi connectivity index (χ0n) is 12.0. The fraction of sp³-hybridized carbons (Fsp3) is 0.533. The molecule has 6 heteroatoms. The molecule has 0 spiro atoms. The number of carbonyl (C=O) groups is 1. The van der Waals surface area contributed by atoms with E-state index in [1.165, 1.54) is 25.0 Å². The van der Waals surface area contributed by atoms with Crippen molar-refractivity contribution in [3.8, 4) is 0 Å². The Morgan fingerprint density at radius 3 is 2.76 bits per heavy atom. The lowest BCUT2D eigenvalue weighted by atomic mass is 9.83. The standard InChI is InChI=1S/C15H20N2O4/c1-2-10-5-3-4-6-13(10)16-11-7-8-12(15(18)19)14(9-11)17(20)21/h7-10,13,16H,2-6H2,1H3,(H,18,19). The van der Waals surface area contributed by atoms with Crippen LogP contribution in [0.4, 0.5) is 11.4 Å². The Morgan fingerprint density at radius 1 is 1.43 bits per heavy atom. The molecule has 0 aromatic heterocycles. The van der Waals surface area contributed by atoms with Crippen molar-refractivity contribution in [1.29, 1.82) is 0 Å². The molecule has 1 aliphatic rings. The highest BCUT2D eigenvalue weighted by atomic mass is 16.6. The summed E-state index contributed by atoms with van der Waals surface area (Å²) in [6, 6.07) is 4.54. The molecule has 0 saturated heterocycles. The number of nitrogens with zero attached hydrogens (tertiary/aromatic N) is 1. The smallest absolute Gasteiger partial charge is 0.342 e. The Balaban J connectivity index is 2.22. The molecule has 1 saturated carbocycles. The predicted octanol–water partition coefficient (Wildman–Crippen LogP) is 3.67. The van der Waals surface area contributed by atoms with Crippen LogP contribution in [0.25, 0.3) is 0 Å². The van der Waals surface area contributed by atoms with Gasteiger partial charge in [0.2, 0.25) is 0 Å². The van der Waals surface area contributed by atoms with E-state index >= 15 is 0 Å². The predicted molar refractivity (Wildman–Crippen MR) is 79.7 cm³/mol. The van der Waals surface area contributed by atoms with Gasteiger partial charge in [-0.25, -0.2) is 4.79 Å². The number of benzene rings is 1. The minimum absolute atomic E-state index is 0.277. The second-order valence-corrected chi connectivity index (χ2v) is 5.50. The van der Waals surface area contributed by atoms with E-state index < -0.39 is 10.9 Å². The number of hydrogen-bond acceptors (Lipinski definition) is 4. The molecule has 21 heavy (non-hydrogen) atoms. The Bertz CT molecular complexity index is 544. The summed E-state index contributed by atoms with van der Waals surface area (Å²) in [5, 5.41) is 23.3. The molecule has 2 N–H and O–H groups in total. The lowest BCUT2D eigenvalue weighted by Gasteiger charge is -2.32. The van der Waals surface area contributed by atoms with Gasteiger partial charge in [0.25, 0.3) is 5.69 Å². The van der Waals surface area contributed by atoms with Crippen LogP contribution in [0, 0.1) is 16.0 Å². The Morgan fingerprint density at radius 2 is 2.14 bits per heavy atom. The van der Waals surface area contributed by atoms with Gasteiger partial charge in [0, 0.05) is 17.8 Å². The van der Waals surface area contributed by atoms with Crippen LogP contribution in [0.15, 0.2) is 18.2 Å². The van der Waals surface area contributed by atoms with E-state index in [-0.39, 0.29) is 11.3 Å². The molecule has 0 radical (unpaired) electrons. The average Bonchev–Trinajstić information content (AvgIpc) is 2.47. The second kappa shape index (κ2) is 6.56. The van der Waals surface area contributed by atoms with E-state index in [9.17, 15) is 14.9 Å². The lowest BCUT2D eigenvalue weighted by Crippen LogP contribution is -2.31. The summed E-state index contributed by atoms with van der Waals surface area (Å²) in [5.74, 6) is -0.714. The van der Waals surface area contributed by atoms with Crippen LogP contribution in [-0.2, 0) is 0 Å². The highest BCUT2D eigenvalue weighted by Gasteiger charge is 2.25. The minimum atomic E-state index is -1.28. The topological polar surface area (TPSA) is 92.5 Å². The summed E-state index contributed by atoms with van der Waals surface area (Å²) < 4.78 is 0. The Labute approximate surface area is 123 Å². The molecular weight excluding hydrogens is 272 g/mol. The van der Waals surface area contributed by atoms with Crippen molar-refractivity contribution >= 4 is 17.3 Å². The van der Waals surface area contributed by atoms with Gasteiger partial charge in [-0.05, 0) is 30.9 Å². The van der Waals surface area contributed by atoms with Crippen molar-refractivity contribution in [1.82, 2.24) is 0 Å². The van der Waals surface area contributed by atoms with Crippen molar-refractivity contribution in [3.05, 3.63) is 33.9 Å². The molecule has 1 aliphatic carbocycles. The van der Waals surface area contributed by atoms with Gasteiger partial charge < -0.3 is 10.4 Å². The number of carboxylic acid groups (broad SMARTS) is 1. The average molecular weight is 292 g/mol. The number of nitrogens with one attached hydrogen (secondary N) is 1. The molecule has 1 fully saturated rings. The number of rotatable bonds is 5. The highest BCUT2D eigenvalue weighted by molar-refractivity contribution is 5.93. The summed E-state index contributed by atoms with van der Waals surface area (Å²) in [5.41, 5.74) is -0.0188. The highest BCUT2D eigenvalue weighted by Crippen LogP contribution is 2.31. The van der Waals surface area contributed by atoms with Gasteiger partial charge in [-0.15, -0.1) is 0 Å². The number of anilines is 1. The number of hydrogen-bond donors (Lipinski definition) is 2. The summed E-state index contributed by atoms with van der Waals surface area (Å²) in [7, 11) is 0. The molecule has 0 aliphatic heterocycles. The SMILES string of the molecule is CCC1CCCCC1Nc1ccc(C(=O)O)c([N+](=O)[O-])c1. The van der Waals surface area contributed by atoms with E-state index in [2.05, 4.69) is 12.2 Å². The lowest BCUT2D eigenvalue weighted by molar-refractivity contribution is -0.385. The van der Waals surface area contributed by atoms with Gasteiger partial charge >= 0.3 is 5.97 Å². The maximum atomic E-state index is 11.0. The van der Waals surface area contributed by atoms with Crippen molar-refractivity contribution in [3.63, 3.8) is 0 Å². The molecule has 1 aromatic carbocycles. The molecular formula is C15H20N2O4. The summed E-state index contributed by atoms with van der Waals surface area (Å²) in [4.78, 5) is 21.4. The Hall–Kier alpha value is -2.11. The fourth-order valence-electron chi connectivity index (χ4n) is 3.05. The second-order valence-electron chi connectivity index (χ2n) is 5.50. The third-order valence-corrected chi connectivity index (χ3v) is 4.21. The molecule has 1 aromatic rings. The Kier molecular flexibility index (Phi) is 4.77. The minimum Gasteiger partial charge on any atom is -0.477 e. The molecule has 2 atom stereocenters. The summed E-state index contributed by atoms with van der Waals surface area (Å²) in [6.45, 7) is 2.15. The van der Waals surface area contributed by atoms with Gasteiger partial charge in [-0.3, -0.25) is 10.1 Å². The van der Waals surface area contributed by atoms with Crippen LogP contribution >= 0.6 is 0 Å². The first-order valence-electron chi connectivity index (χ1n) is 7.31. The van der Waals surface area contributed by atoms with E-state index in [1.807, 2.05) is 0 Å². The van der Waals surface area contributed by atoms with E-state index in [0.717, 1.165) is 19.3 Å². The molecule has 114 valence electrons. The number of nitro benzene ring substituents is 1. The summed E-state index contributed by atoms with van der Waals surface area (Å²) >= 11 is 0. The third kappa shape index (κ3) is 3.51. The number of aromatic carboxylic acids is 1. The monoisotopic (exact) mass is 292 g/mol. The zero-order valence-corrected chi connectivity index (χ0v) is 12.0. The number of carboxylic acids is 1. The fourth-order valence-corrected chi connectivity index (χ4v) is 3.05. The first-order valence-corrected chi connectivity index (χ1v) is 7.31. The van der Waals surface area contributed by atoms with Crippen LogP contribution in [0.5, 0.6) is 0 Å². The van der Waals surface area contributed by atoms with Crippen molar-refractivity contribution in [2.24, 2.45) is 5.92 Å². The maximum absolute atomic E-state index is 11.0. The van der Waals surface area contributed by atoms with Gasteiger partial charge in [0.1, 0.15) is 5.56 Å². The summed E-state index contributed by atoms with van der Waals surface area (Å²) in [6.07, 6.45) is 5.68. The first kappa shape index (κ1) is 15.3. The molecule has 0 bridgehead atoms. The normalized spacial score (nSPS) is 21.8. The zero-order chi connectivity index (χ0) is 15.4. The van der Waals surface area contributed by atoms with E-state index in [1.54, 1.807) is 6.07 Å². The molecule has 2 rings (SSSR count). The van der Waals surface area contributed by atoms with Crippen LogP contribution in [0.3, 0.4) is 0 Å². The van der Waals surface area contributed by atoms with Crippen molar-refractivity contribution < 1.29 is 14.8 Å². The first-order chi connectivity index (χ1) is 10.0. The molecule has 2 unspecified atom stereocenters. The van der Waals surface area contributed by atoms with E-state index in [0.29, 0.717) is 17.6 Å². The quantitative estimate of drug-likeness (QED) is 0.638. The molecule has 0 heterocycles. The molecule has 6 nitrogen and oxygen atoms in total. The van der Waals surface area contributed by atoms with Gasteiger partial charge in [0.05, 0.1) is 4.92 Å². The molecule has 0 amide bonds. The van der Waals surface area contributed by atoms with E-state index in [4.69, 9.17) is 5.11 Å². The van der Waals surface area contributed by atoms with Gasteiger partial charge in [0.15, 0.2) is 0 Å². The maximum Gasteiger partial charge on any atom is 0.342 e. The van der Waals surface area contributed by atoms with Crippen LogP contribution in [0.2, 0.25) is 0 Å². The van der Waals surface area contributed by atoms with Crippen LogP contribution in [0.1, 0.15) is 49.4 Å². The van der Waals surface area contributed by atoms with Gasteiger partial charge in [-0.2, -0.15) is 0 Å². The number of nitro groups is 1. The largest absolute Gasteiger partial charge is 0.477 e. The van der Waals surface area contributed by atoms with Crippen LogP contribution < -0.4 is 5.32 Å².